The van der Waals surface area contributed by atoms with Gasteiger partial charge in [0.15, 0.2) is 0 Å². The number of nitrogens with one attached hydrogen (secondary N) is 1. The zero-order chi connectivity index (χ0) is 20.3. The van der Waals surface area contributed by atoms with Crippen LogP contribution in [0.25, 0.3) is 5.69 Å². The van der Waals surface area contributed by atoms with Gasteiger partial charge in [-0.2, -0.15) is 17.0 Å². The molecule has 1 aliphatic heterocycles. The van der Waals surface area contributed by atoms with Crippen molar-refractivity contribution in [2.24, 2.45) is 5.92 Å². The van der Waals surface area contributed by atoms with Crippen molar-refractivity contribution >= 4 is 16.1 Å². The molecule has 1 N–H and O–H groups in total. The average molecular weight is 406 g/mol. The van der Waals surface area contributed by atoms with E-state index in [0.29, 0.717) is 25.9 Å². The Morgan fingerprint density at radius 2 is 2.07 bits per heavy atom. The van der Waals surface area contributed by atoms with Gasteiger partial charge in [-0.1, -0.05) is 18.2 Å². The van der Waals surface area contributed by atoms with Gasteiger partial charge in [-0.25, -0.2) is 4.98 Å². The van der Waals surface area contributed by atoms with Crippen LogP contribution in [0.2, 0.25) is 0 Å². The van der Waals surface area contributed by atoms with Gasteiger partial charge in [0.25, 0.3) is 10.2 Å². The van der Waals surface area contributed by atoms with E-state index in [9.17, 15) is 13.2 Å². The van der Waals surface area contributed by atoms with E-state index in [4.69, 9.17) is 0 Å². The predicted molar refractivity (Wildman–Crippen MR) is 107 cm³/mol. The monoisotopic (exact) mass is 405 g/mol. The standard InChI is InChI=1S/C19H27N5O3S/c1-15-20-10-12-24(15)18-9-5-4-7-16(18)13-21-19(25)17-8-6-11-23(14-17)28(26,27)22(2)3/h4-5,7,9-10,12,17H,6,8,11,13-14H2,1-3H3,(H,21,25)/t17-/m0/s1. The third kappa shape index (κ3) is 4.26. The van der Waals surface area contributed by atoms with E-state index < -0.39 is 10.2 Å². The topological polar surface area (TPSA) is 87.5 Å². The summed E-state index contributed by atoms with van der Waals surface area (Å²) >= 11 is 0. The van der Waals surface area contributed by atoms with Gasteiger partial charge in [-0.3, -0.25) is 4.79 Å². The minimum absolute atomic E-state index is 0.115. The molecule has 28 heavy (non-hydrogen) atoms. The van der Waals surface area contributed by atoms with E-state index in [2.05, 4.69) is 10.3 Å². The minimum Gasteiger partial charge on any atom is -0.352 e. The Morgan fingerprint density at radius 1 is 1.32 bits per heavy atom. The molecule has 152 valence electrons. The normalized spacial score (nSPS) is 18.4. The SMILES string of the molecule is Cc1nccn1-c1ccccc1CNC(=O)[C@H]1CCCN(S(=O)(=O)N(C)C)C1. The van der Waals surface area contributed by atoms with Gasteiger partial charge in [0.1, 0.15) is 5.82 Å². The Bertz CT molecular complexity index is 939. The summed E-state index contributed by atoms with van der Waals surface area (Å²) in [6, 6.07) is 7.84. The molecule has 1 saturated heterocycles. The molecule has 2 heterocycles. The highest BCUT2D eigenvalue weighted by Gasteiger charge is 2.33. The third-order valence-corrected chi connectivity index (χ3v) is 6.98. The molecule has 1 amide bonds. The van der Waals surface area contributed by atoms with E-state index >= 15 is 0 Å². The summed E-state index contributed by atoms with van der Waals surface area (Å²) in [5.41, 5.74) is 1.95. The molecule has 9 heteroatoms. The molecule has 0 aliphatic carbocycles. The molecule has 1 aromatic carbocycles. The average Bonchev–Trinajstić information content (AvgIpc) is 3.12. The molecule has 1 aliphatic rings. The number of aryl methyl sites for hydroxylation is 1. The summed E-state index contributed by atoms with van der Waals surface area (Å²) in [7, 11) is -0.482. The molecule has 0 bridgehead atoms. The molecule has 0 unspecified atom stereocenters. The van der Waals surface area contributed by atoms with Crippen molar-refractivity contribution in [2.75, 3.05) is 27.2 Å². The predicted octanol–water partition coefficient (Wildman–Crippen LogP) is 1.32. The summed E-state index contributed by atoms with van der Waals surface area (Å²) < 4.78 is 29.3. The van der Waals surface area contributed by atoms with Gasteiger partial charge in [-0.05, 0) is 31.4 Å². The van der Waals surface area contributed by atoms with Crippen molar-refractivity contribution in [3.05, 3.63) is 48.0 Å². The molecule has 3 rings (SSSR count). The molecule has 0 saturated carbocycles. The van der Waals surface area contributed by atoms with Gasteiger partial charge >= 0.3 is 0 Å². The van der Waals surface area contributed by atoms with Crippen LogP contribution in [0.4, 0.5) is 0 Å². The zero-order valence-electron chi connectivity index (χ0n) is 16.5. The van der Waals surface area contributed by atoms with Gasteiger partial charge in [-0.15, -0.1) is 0 Å². The van der Waals surface area contributed by atoms with Crippen LogP contribution in [-0.4, -0.2) is 59.7 Å². The third-order valence-electron chi connectivity index (χ3n) is 5.07. The highest BCUT2D eigenvalue weighted by molar-refractivity contribution is 7.86. The Morgan fingerprint density at radius 3 is 2.75 bits per heavy atom. The number of piperidine rings is 1. The van der Waals surface area contributed by atoms with Gasteiger partial charge in [0, 0.05) is 46.1 Å². The Balaban J connectivity index is 1.68. The minimum atomic E-state index is -3.50. The molecule has 8 nitrogen and oxygen atoms in total. The molecule has 0 radical (unpaired) electrons. The lowest BCUT2D eigenvalue weighted by Gasteiger charge is -2.32. The number of amides is 1. The van der Waals surface area contributed by atoms with E-state index in [-0.39, 0.29) is 18.4 Å². The summed E-state index contributed by atoms with van der Waals surface area (Å²) in [6.07, 6.45) is 5.00. The second-order valence-corrected chi connectivity index (χ2v) is 9.32. The second kappa shape index (κ2) is 8.42. The number of hydrogen-bond donors (Lipinski definition) is 1. The second-order valence-electron chi connectivity index (χ2n) is 7.18. The number of carbonyl (C=O) groups excluding carboxylic acids is 1. The molecule has 1 atom stereocenters. The van der Waals surface area contributed by atoms with Crippen LogP contribution in [0.5, 0.6) is 0 Å². The fourth-order valence-corrected chi connectivity index (χ4v) is 4.64. The first-order valence-electron chi connectivity index (χ1n) is 9.34. The Kier molecular flexibility index (Phi) is 6.17. The number of para-hydroxylation sites is 1. The van der Waals surface area contributed by atoms with Crippen molar-refractivity contribution in [3.8, 4) is 5.69 Å². The van der Waals surface area contributed by atoms with Crippen molar-refractivity contribution in [2.45, 2.75) is 26.3 Å². The van der Waals surface area contributed by atoms with Crippen LogP contribution in [0.1, 0.15) is 24.2 Å². The summed E-state index contributed by atoms with van der Waals surface area (Å²) in [4.78, 5) is 17.0. The van der Waals surface area contributed by atoms with Crippen LogP contribution in [0, 0.1) is 12.8 Å². The van der Waals surface area contributed by atoms with E-state index in [1.165, 1.54) is 22.7 Å². The first-order valence-corrected chi connectivity index (χ1v) is 10.7. The number of carbonyl (C=O) groups is 1. The maximum absolute atomic E-state index is 12.7. The fraction of sp³-hybridized carbons (Fsp3) is 0.474. The molecule has 2 aromatic rings. The van der Waals surface area contributed by atoms with Crippen LogP contribution < -0.4 is 5.32 Å². The summed E-state index contributed by atoms with van der Waals surface area (Å²) in [5, 5.41) is 2.98. The van der Waals surface area contributed by atoms with Gasteiger partial charge in [0.05, 0.1) is 11.6 Å². The first kappa shape index (κ1) is 20.5. The van der Waals surface area contributed by atoms with Crippen molar-refractivity contribution < 1.29 is 13.2 Å². The first-order chi connectivity index (χ1) is 13.3. The lowest BCUT2D eigenvalue weighted by Crippen LogP contribution is -2.48. The lowest BCUT2D eigenvalue weighted by atomic mass is 9.98. The Hall–Kier alpha value is -2.23. The van der Waals surface area contributed by atoms with Crippen molar-refractivity contribution in [1.82, 2.24) is 23.5 Å². The van der Waals surface area contributed by atoms with Crippen molar-refractivity contribution in [3.63, 3.8) is 0 Å². The van der Waals surface area contributed by atoms with Crippen LogP contribution >= 0.6 is 0 Å². The smallest absolute Gasteiger partial charge is 0.281 e. The highest BCUT2D eigenvalue weighted by Crippen LogP contribution is 2.21. The fourth-order valence-electron chi connectivity index (χ4n) is 3.45. The molecular formula is C19H27N5O3S. The Labute approximate surface area is 166 Å². The highest BCUT2D eigenvalue weighted by atomic mass is 32.2. The number of aromatic nitrogens is 2. The van der Waals surface area contributed by atoms with E-state index in [0.717, 1.165) is 17.1 Å². The largest absolute Gasteiger partial charge is 0.352 e. The molecule has 0 spiro atoms. The van der Waals surface area contributed by atoms with Crippen LogP contribution in [-0.2, 0) is 21.5 Å². The molecular weight excluding hydrogens is 378 g/mol. The maximum Gasteiger partial charge on any atom is 0.281 e. The number of nitrogens with zero attached hydrogens (tertiary/aromatic N) is 4. The number of imidazole rings is 1. The number of rotatable bonds is 6. The number of benzene rings is 1. The maximum atomic E-state index is 12.7. The summed E-state index contributed by atoms with van der Waals surface area (Å²) in [6.45, 7) is 2.97. The van der Waals surface area contributed by atoms with E-state index in [1.54, 1.807) is 6.20 Å². The van der Waals surface area contributed by atoms with Crippen LogP contribution in [0.15, 0.2) is 36.7 Å². The van der Waals surface area contributed by atoms with Crippen molar-refractivity contribution in [1.29, 1.82) is 0 Å². The zero-order valence-corrected chi connectivity index (χ0v) is 17.3. The summed E-state index contributed by atoms with van der Waals surface area (Å²) in [5.74, 6) is 0.414. The molecule has 1 aromatic heterocycles. The molecule has 1 fully saturated rings. The van der Waals surface area contributed by atoms with Gasteiger partial charge in [0.2, 0.25) is 5.91 Å². The lowest BCUT2D eigenvalue weighted by molar-refractivity contribution is -0.126. The van der Waals surface area contributed by atoms with Gasteiger partial charge < -0.3 is 9.88 Å². The quantitative estimate of drug-likeness (QED) is 0.785. The number of hydrogen-bond acceptors (Lipinski definition) is 4. The van der Waals surface area contributed by atoms with Crippen LogP contribution in [0.3, 0.4) is 0 Å². The van der Waals surface area contributed by atoms with E-state index in [1.807, 2.05) is 42.0 Å².